The van der Waals surface area contributed by atoms with Gasteiger partial charge >= 0.3 is 0 Å². The van der Waals surface area contributed by atoms with Crippen LogP contribution in [0.2, 0.25) is 5.02 Å². The van der Waals surface area contributed by atoms with Gasteiger partial charge in [-0.05, 0) is 23.8 Å². The number of rotatable bonds is 3. The predicted octanol–water partition coefficient (Wildman–Crippen LogP) is 1.78. The second kappa shape index (κ2) is 5.14. The quantitative estimate of drug-likeness (QED) is 0.669. The standard InChI is InChI=1S/C10H11BrClN5/c1-17-9(5-14-16-17)10(15-13)6-2-7(11)4-8(12)3-6/h2-5,10,15H,13H2,1H3. The molecule has 2 aromatic rings. The number of nitrogens with one attached hydrogen (secondary N) is 1. The van der Waals surface area contributed by atoms with E-state index in [0.29, 0.717) is 5.02 Å². The van der Waals surface area contributed by atoms with Crippen LogP contribution in [-0.2, 0) is 7.05 Å². The van der Waals surface area contributed by atoms with Gasteiger partial charge in [-0.1, -0.05) is 32.7 Å². The van der Waals surface area contributed by atoms with Crippen molar-refractivity contribution in [2.24, 2.45) is 12.9 Å². The molecule has 0 aliphatic carbocycles. The van der Waals surface area contributed by atoms with Crippen molar-refractivity contribution in [2.75, 3.05) is 0 Å². The third kappa shape index (κ3) is 2.66. The topological polar surface area (TPSA) is 68.8 Å². The molecule has 1 unspecified atom stereocenters. The van der Waals surface area contributed by atoms with Gasteiger partial charge < -0.3 is 0 Å². The Morgan fingerprint density at radius 1 is 1.47 bits per heavy atom. The van der Waals surface area contributed by atoms with E-state index in [9.17, 15) is 0 Å². The molecule has 7 heteroatoms. The number of aryl methyl sites for hydroxylation is 1. The van der Waals surface area contributed by atoms with Gasteiger partial charge in [-0.2, -0.15) is 0 Å². The van der Waals surface area contributed by atoms with Crippen LogP contribution in [0.25, 0.3) is 0 Å². The molecule has 5 nitrogen and oxygen atoms in total. The number of hydrogen-bond acceptors (Lipinski definition) is 4. The summed E-state index contributed by atoms with van der Waals surface area (Å²) >= 11 is 9.42. The van der Waals surface area contributed by atoms with Gasteiger partial charge in [0.2, 0.25) is 0 Å². The van der Waals surface area contributed by atoms with Crippen molar-refractivity contribution in [3.8, 4) is 0 Å². The van der Waals surface area contributed by atoms with Gasteiger partial charge in [0, 0.05) is 16.5 Å². The molecule has 2 rings (SSSR count). The van der Waals surface area contributed by atoms with E-state index in [4.69, 9.17) is 17.4 Å². The number of hydrazine groups is 1. The summed E-state index contributed by atoms with van der Waals surface area (Å²) < 4.78 is 2.56. The summed E-state index contributed by atoms with van der Waals surface area (Å²) in [4.78, 5) is 0. The van der Waals surface area contributed by atoms with Gasteiger partial charge in [0.1, 0.15) is 0 Å². The Labute approximate surface area is 112 Å². The molecular weight excluding hydrogens is 306 g/mol. The smallest absolute Gasteiger partial charge is 0.0895 e. The van der Waals surface area contributed by atoms with E-state index >= 15 is 0 Å². The minimum Gasteiger partial charge on any atom is -0.271 e. The van der Waals surface area contributed by atoms with Crippen molar-refractivity contribution in [3.63, 3.8) is 0 Å². The van der Waals surface area contributed by atoms with Crippen LogP contribution in [0.4, 0.5) is 0 Å². The molecule has 17 heavy (non-hydrogen) atoms. The number of benzene rings is 1. The first-order valence-corrected chi connectivity index (χ1v) is 6.05. The van der Waals surface area contributed by atoms with E-state index in [1.165, 1.54) is 0 Å². The highest BCUT2D eigenvalue weighted by Gasteiger charge is 2.17. The van der Waals surface area contributed by atoms with Crippen LogP contribution in [-0.4, -0.2) is 15.0 Å². The molecule has 3 N–H and O–H groups in total. The molecule has 90 valence electrons. The van der Waals surface area contributed by atoms with Crippen molar-refractivity contribution in [3.05, 3.63) is 45.1 Å². The lowest BCUT2D eigenvalue weighted by Crippen LogP contribution is -2.30. The maximum absolute atomic E-state index is 6.02. The minimum atomic E-state index is -0.204. The van der Waals surface area contributed by atoms with Gasteiger partial charge in [-0.3, -0.25) is 10.5 Å². The fourth-order valence-electron chi connectivity index (χ4n) is 1.65. The Bertz CT molecular complexity index is 507. The third-order valence-electron chi connectivity index (χ3n) is 2.43. The largest absolute Gasteiger partial charge is 0.271 e. The van der Waals surface area contributed by atoms with Crippen LogP contribution in [0.15, 0.2) is 28.9 Å². The summed E-state index contributed by atoms with van der Waals surface area (Å²) in [5.74, 6) is 5.59. The highest BCUT2D eigenvalue weighted by molar-refractivity contribution is 9.10. The summed E-state index contributed by atoms with van der Waals surface area (Å²) in [6, 6.07) is 5.41. The Morgan fingerprint density at radius 2 is 2.24 bits per heavy atom. The van der Waals surface area contributed by atoms with Crippen LogP contribution in [0.3, 0.4) is 0 Å². The highest BCUT2D eigenvalue weighted by Crippen LogP contribution is 2.26. The molecule has 0 saturated carbocycles. The van der Waals surface area contributed by atoms with Gasteiger partial charge in [0.15, 0.2) is 0 Å². The molecule has 1 aromatic heterocycles. The molecule has 0 amide bonds. The predicted molar refractivity (Wildman–Crippen MR) is 69.3 cm³/mol. The molecule has 0 fully saturated rings. The first-order chi connectivity index (χ1) is 8.11. The zero-order valence-corrected chi connectivity index (χ0v) is 11.4. The SMILES string of the molecule is Cn1nncc1C(NN)c1cc(Cl)cc(Br)c1. The average molecular weight is 317 g/mol. The Kier molecular flexibility index (Phi) is 3.78. The summed E-state index contributed by atoms with van der Waals surface area (Å²) in [7, 11) is 1.81. The molecular formula is C10H11BrClN5. The van der Waals surface area contributed by atoms with E-state index in [1.54, 1.807) is 10.9 Å². The number of hydrogen-bond donors (Lipinski definition) is 2. The highest BCUT2D eigenvalue weighted by atomic mass is 79.9. The molecule has 0 spiro atoms. The number of aromatic nitrogens is 3. The average Bonchev–Trinajstić information content (AvgIpc) is 2.65. The molecule has 1 aromatic carbocycles. The lowest BCUT2D eigenvalue weighted by Gasteiger charge is -2.16. The second-order valence-corrected chi connectivity index (χ2v) is 4.94. The lowest BCUT2D eigenvalue weighted by molar-refractivity contribution is 0.570. The Hall–Kier alpha value is -0.950. The fourth-order valence-corrected chi connectivity index (χ4v) is 2.54. The van der Waals surface area contributed by atoms with Crippen molar-refractivity contribution >= 4 is 27.5 Å². The Balaban J connectivity index is 2.45. The van der Waals surface area contributed by atoms with Gasteiger partial charge in [0.25, 0.3) is 0 Å². The van der Waals surface area contributed by atoms with Crippen molar-refractivity contribution < 1.29 is 0 Å². The normalized spacial score (nSPS) is 12.7. The zero-order valence-electron chi connectivity index (χ0n) is 9.06. The molecule has 0 aliphatic heterocycles. The van der Waals surface area contributed by atoms with Gasteiger partial charge in [-0.25, -0.2) is 5.43 Å². The minimum absolute atomic E-state index is 0.204. The summed E-state index contributed by atoms with van der Waals surface area (Å²) in [5.41, 5.74) is 4.54. The molecule has 0 aliphatic rings. The number of halogens is 2. The summed E-state index contributed by atoms with van der Waals surface area (Å²) in [5, 5.41) is 8.36. The van der Waals surface area contributed by atoms with E-state index in [-0.39, 0.29) is 6.04 Å². The summed E-state index contributed by atoms with van der Waals surface area (Å²) in [6.07, 6.45) is 1.67. The molecule has 0 radical (unpaired) electrons. The van der Waals surface area contributed by atoms with E-state index in [1.807, 2.05) is 25.2 Å². The molecule has 1 heterocycles. The van der Waals surface area contributed by atoms with Crippen LogP contribution >= 0.6 is 27.5 Å². The first kappa shape index (κ1) is 12.5. The van der Waals surface area contributed by atoms with E-state index in [0.717, 1.165) is 15.7 Å². The first-order valence-electron chi connectivity index (χ1n) is 4.88. The number of nitrogens with zero attached hydrogens (tertiary/aromatic N) is 3. The van der Waals surface area contributed by atoms with E-state index in [2.05, 4.69) is 31.7 Å². The fraction of sp³-hybridized carbons (Fsp3) is 0.200. The number of nitrogens with two attached hydrogens (primary N) is 1. The van der Waals surface area contributed by atoms with Crippen LogP contribution < -0.4 is 11.3 Å². The summed E-state index contributed by atoms with van der Waals surface area (Å²) in [6.45, 7) is 0. The van der Waals surface area contributed by atoms with Crippen molar-refractivity contribution in [1.82, 2.24) is 20.4 Å². The van der Waals surface area contributed by atoms with Gasteiger partial charge in [-0.15, -0.1) is 5.10 Å². The second-order valence-electron chi connectivity index (χ2n) is 3.58. The maximum Gasteiger partial charge on any atom is 0.0895 e. The molecule has 0 bridgehead atoms. The maximum atomic E-state index is 6.02. The molecule has 1 atom stereocenters. The monoisotopic (exact) mass is 315 g/mol. The van der Waals surface area contributed by atoms with Crippen LogP contribution in [0, 0.1) is 0 Å². The van der Waals surface area contributed by atoms with Crippen molar-refractivity contribution in [2.45, 2.75) is 6.04 Å². The van der Waals surface area contributed by atoms with E-state index < -0.39 is 0 Å². The lowest BCUT2D eigenvalue weighted by atomic mass is 10.1. The Morgan fingerprint density at radius 3 is 2.76 bits per heavy atom. The van der Waals surface area contributed by atoms with Crippen LogP contribution in [0.5, 0.6) is 0 Å². The van der Waals surface area contributed by atoms with Crippen molar-refractivity contribution in [1.29, 1.82) is 0 Å². The zero-order chi connectivity index (χ0) is 12.4. The molecule has 0 saturated heterocycles. The van der Waals surface area contributed by atoms with Gasteiger partial charge in [0.05, 0.1) is 17.9 Å². The third-order valence-corrected chi connectivity index (χ3v) is 3.11. The van der Waals surface area contributed by atoms with Crippen LogP contribution in [0.1, 0.15) is 17.3 Å².